The summed E-state index contributed by atoms with van der Waals surface area (Å²) in [6.45, 7) is 1.61. The number of carbonyl (C=O) groups is 3. The number of carboxylic acid groups (broad SMARTS) is 1. The van der Waals surface area contributed by atoms with Crippen LogP contribution >= 0.6 is 0 Å². The second-order valence-corrected chi connectivity index (χ2v) is 6.07. The van der Waals surface area contributed by atoms with Crippen molar-refractivity contribution in [1.29, 1.82) is 0 Å². The summed E-state index contributed by atoms with van der Waals surface area (Å²) in [5.41, 5.74) is 0. The minimum atomic E-state index is -0.765. The van der Waals surface area contributed by atoms with E-state index in [-0.39, 0.29) is 17.7 Å². The molecule has 110 valence electrons. The molecule has 3 rings (SSSR count). The Balaban J connectivity index is 1.63. The van der Waals surface area contributed by atoms with E-state index in [4.69, 9.17) is 0 Å². The SMILES string of the molecule is O=C(O)C1C2CCCC2CN1CCN1C(=O)CCC1=O. The van der Waals surface area contributed by atoms with Gasteiger partial charge in [0.25, 0.3) is 0 Å². The lowest BCUT2D eigenvalue weighted by Gasteiger charge is -2.25. The second kappa shape index (κ2) is 5.16. The van der Waals surface area contributed by atoms with Crippen molar-refractivity contribution in [3.8, 4) is 0 Å². The maximum absolute atomic E-state index is 11.6. The standard InChI is InChI=1S/C14H20N2O4/c17-11-4-5-12(18)16(11)7-6-15-8-9-2-1-3-10(9)13(15)14(19)20/h9-10,13H,1-8H2,(H,19,20). The lowest BCUT2D eigenvalue weighted by molar-refractivity contribution is -0.143. The Labute approximate surface area is 117 Å². The Hall–Kier alpha value is -1.43. The molecule has 0 spiro atoms. The molecule has 0 radical (unpaired) electrons. The number of nitrogens with zero attached hydrogens (tertiary/aromatic N) is 2. The topological polar surface area (TPSA) is 77.9 Å². The van der Waals surface area contributed by atoms with Crippen molar-refractivity contribution >= 4 is 17.8 Å². The Morgan fingerprint density at radius 1 is 1.15 bits per heavy atom. The van der Waals surface area contributed by atoms with E-state index >= 15 is 0 Å². The molecule has 3 atom stereocenters. The summed E-state index contributed by atoms with van der Waals surface area (Å²) in [5, 5.41) is 9.44. The predicted molar refractivity (Wildman–Crippen MR) is 69.8 cm³/mol. The first-order valence-electron chi connectivity index (χ1n) is 7.38. The highest BCUT2D eigenvalue weighted by Gasteiger charge is 2.47. The van der Waals surface area contributed by atoms with Crippen LogP contribution in [0.3, 0.4) is 0 Å². The minimum Gasteiger partial charge on any atom is -0.480 e. The summed E-state index contributed by atoms with van der Waals surface area (Å²) < 4.78 is 0. The van der Waals surface area contributed by atoms with E-state index in [0.717, 1.165) is 25.8 Å². The molecule has 0 aromatic heterocycles. The zero-order valence-corrected chi connectivity index (χ0v) is 11.5. The van der Waals surface area contributed by atoms with Gasteiger partial charge in [-0.3, -0.25) is 24.2 Å². The van der Waals surface area contributed by atoms with E-state index in [1.165, 1.54) is 4.90 Å². The van der Waals surface area contributed by atoms with Crippen LogP contribution in [-0.4, -0.2) is 58.4 Å². The van der Waals surface area contributed by atoms with E-state index in [1.807, 2.05) is 4.90 Å². The van der Waals surface area contributed by atoms with Crippen LogP contribution in [0, 0.1) is 11.8 Å². The number of hydrogen-bond donors (Lipinski definition) is 1. The molecule has 2 amide bonds. The number of fused-ring (bicyclic) bond motifs is 1. The van der Waals surface area contributed by atoms with Gasteiger partial charge in [-0.05, 0) is 24.7 Å². The molecule has 1 N–H and O–H groups in total. The first kappa shape index (κ1) is 13.5. The summed E-state index contributed by atoms with van der Waals surface area (Å²) in [5.74, 6) is -0.292. The molecule has 1 saturated carbocycles. The highest BCUT2D eigenvalue weighted by Crippen LogP contribution is 2.42. The molecular weight excluding hydrogens is 260 g/mol. The van der Waals surface area contributed by atoms with E-state index in [2.05, 4.69) is 0 Å². The van der Waals surface area contributed by atoms with E-state index in [9.17, 15) is 19.5 Å². The van der Waals surface area contributed by atoms with Crippen molar-refractivity contribution in [2.45, 2.75) is 38.1 Å². The molecular formula is C14H20N2O4. The zero-order valence-electron chi connectivity index (χ0n) is 11.5. The van der Waals surface area contributed by atoms with Gasteiger partial charge in [-0.15, -0.1) is 0 Å². The van der Waals surface area contributed by atoms with Gasteiger partial charge in [0, 0.05) is 32.5 Å². The summed E-state index contributed by atoms with van der Waals surface area (Å²) in [4.78, 5) is 37.9. The van der Waals surface area contributed by atoms with Crippen molar-refractivity contribution < 1.29 is 19.5 Å². The van der Waals surface area contributed by atoms with Crippen molar-refractivity contribution in [3.05, 3.63) is 0 Å². The fourth-order valence-corrected chi connectivity index (χ4v) is 4.06. The van der Waals surface area contributed by atoms with Crippen molar-refractivity contribution in [1.82, 2.24) is 9.80 Å². The third-order valence-electron chi connectivity index (χ3n) is 5.00. The van der Waals surface area contributed by atoms with Crippen LogP contribution in [0.2, 0.25) is 0 Å². The van der Waals surface area contributed by atoms with Crippen molar-refractivity contribution in [2.24, 2.45) is 11.8 Å². The molecule has 2 saturated heterocycles. The van der Waals surface area contributed by atoms with Gasteiger partial charge in [0.05, 0.1) is 0 Å². The molecule has 1 aliphatic carbocycles. The number of amides is 2. The number of likely N-dealkylation sites (tertiary alicyclic amines) is 2. The molecule has 3 aliphatic rings. The largest absolute Gasteiger partial charge is 0.480 e. The number of carbonyl (C=O) groups excluding carboxylic acids is 2. The molecule has 2 aliphatic heterocycles. The van der Waals surface area contributed by atoms with Crippen molar-refractivity contribution in [2.75, 3.05) is 19.6 Å². The average Bonchev–Trinajstić information content (AvgIpc) is 3.02. The Bertz CT molecular complexity index is 434. The van der Waals surface area contributed by atoms with E-state index in [1.54, 1.807) is 0 Å². The predicted octanol–water partition coefficient (Wildman–Crippen LogP) is 0.320. The third-order valence-corrected chi connectivity index (χ3v) is 5.00. The molecule has 20 heavy (non-hydrogen) atoms. The Morgan fingerprint density at radius 2 is 1.85 bits per heavy atom. The number of imide groups is 1. The van der Waals surface area contributed by atoms with Crippen LogP contribution in [0.1, 0.15) is 32.1 Å². The highest BCUT2D eigenvalue weighted by molar-refractivity contribution is 6.01. The van der Waals surface area contributed by atoms with Crippen molar-refractivity contribution in [3.63, 3.8) is 0 Å². The van der Waals surface area contributed by atoms with Gasteiger partial charge in [0.2, 0.25) is 11.8 Å². The molecule has 6 nitrogen and oxygen atoms in total. The molecule has 3 fully saturated rings. The van der Waals surface area contributed by atoms with Crippen LogP contribution in [-0.2, 0) is 14.4 Å². The number of carboxylic acids is 1. The monoisotopic (exact) mass is 280 g/mol. The third kappa shape index (κ3) is 2.22. The summed E-state index contributed by atoms with van der Waals surface area (Å²) in [7, 11) is 0. The number of rotatable bonds is 4. The van der Waals surface area contributed by atoms with Crippen LogP contribution in [0.15, 0.2) is 0 Å². The second-order valence-electron chi connectivity index (χ2n) is 6.07. The molecule has 0 bridgehead atoms. The molecule has 2 heterocycles. The molecule has 6 heteroatoms. The van der Waals surface area contributed by atoms with Gasteiger partial charge in [0.15, 0.2) is 0 Å². The van der Waals surface area contributed by atoms with Gasteiger partial charge >= 0.3 is 5.97 Å². The zero-order chi connectivity index (χ0) is 14.3. The minimum absolute atomic E-state index is 0.124. The molecule has 0 aromatic rings. The van der Waals surface area contributed by atoms with Gasteiger partial charge in [-0.2, -0.15) is 0 Å². The maximum Gasteiger partial charge on any atom is 0.321 e. The number of hydrogen-bond acceptors (Lipinski definition) is 4. The van der Waals surface area contributed by atoms with Crippen LogP contribution in [0.4, 0.5) is 0 Å². The molecule has 0 aromatic carbocycles. The van der Waals surface area contributed by atoms with Gasteiger partial charge < -0.3 is 5.11 Å². The van der Waals surface area contributed by atoms with Gasteiger partial charge in [-0.1, -0.05) is 6.42 Å². The van der Waals surface area contributed by atoms with Gasteiger partial charge in [-0.25, -0.2) is 0 Å². The fraction of sp³-hybridized carbons (Fsp3) is 0.786. The van der Waals surface area contributed by atoms with Crippen LogP contribution < -0.4 is 0 Å². The number of aliphatic carboxylic acids is 1. The maximum atomic E-state index is 11.6. The quantitative estimate of drug-likeness (QED) is 0.750. The highest BCUT2D eigenvalue weighted by atomic mass is 16.4. The normalized spacial score (nSPS) is 34.0. The fourth-order valence-electron chi connectivity index (χ4n) is 4.06. The smallest absolute Gasteiger partial charge is 0.321 e. The molecule has 3 unspecified atom stereocenters. The first-order valence-corrected chi connectivity index (χ1v) is 7.38. The van der Waals surface area contributed by atoms with E-state index in [0.29, 0.717) is 31.8 Å². The average molecular weight is 280 g/mol. The first-order chi connectivity index (χ1) is 9.58. The Morgan fingerprint density at radius 3 is 2.50 bits per heavy atom. The Kier molecular flexibility index (Phi) is 3.50. The lowest BCUT2D eigenvalue weighted by Crippen LogP contribution is -2.44. The van der Waals surface area contributed by atoms with Crippen LogP contribution in [0.5, 0.6) is 0 Å². The van der Waals surface area contributed by atoms with E-state index < -0.39 is 12.0 Å². The lowest BCUT2D eigenvalue weighted by atomic mass is 9.94. The summed E-state index contributed by atoms with van der Waals surface area (Å²) in [6, 6.07) is -0.435. The summed E-state index contributed by atoms with van der Waals surface area (Å²) >= 11 is 0. The van der Waals surface area contributed by atoms with Crippen LogP contribution in [0.25, 0.3) is 0 Å². The summed E-state index contributed by atoms with van der Waals surface area (Å²) in [6.07, 6.45) is 3.81. The van der Waals surface area contributed by atoms with Gasteiger partial charge in [0.1, 0.15) is 6.04 Å².